The van der Waals surface area contributed by atoms with E-state index < -0.39 is 0 Å². The molecule has 2 fully saturated rings. The van der Waals surface area contributed by atoms with Gasteiger partial charge < -0.3 is 15.1 Å². The highest BCUT2D eigenvalue weighted by atomic mass is 15.2. The van der Waals surface area contributed by atoms with Gasteiger partial charge in [-0.25, -0.2) is 4.98 Å². The number of nitrogens with zero attached hydrogens (tertiary/aromatic N) is 4. The normalized spacial score (nSPS) is 21.2. The van der Waals surface area contributed by atoms with Crippen molar-refractivity contribution in [3.63, 3.8) is 0 Å². The highest BCUT2D eigenvalue weighted by Crippen LogP contribution is 2.24. The molecule has 2 aromatic rings. The van der Waals surface area contributed by atoms with Crippen molar-refractivity contribution in [3.8, 4) is 0 Å². The molecule has 2 atom stereocenters. The molecule has 1 aromatic heterocycles. The molecule has 5 nitrogen and oxygen atoms in total. The Morgan fingerprint density at radius 1 is 0.971 bits per heavy atom. The fraction of sp³-hybridized carbons (Fsp3) is 0.655. The van der Waals surface area contributed by atoms with Crippen molar-refractivity contribution in [1.82, 2.24) is 14.9 Å². The molecule has 1 N–H and O–H groups in total. The van der Waals surface area contributed by atoms with Crippen molar-refractivity contribution < 1.29 is 0 Å². The van der Waals surface area contributed by atoms with Gasteiger partial charge in [-0.15, -0.1) is 0 Å². The van der Waals surface area contributed by atoms with Gasteiger partial charge in [0.15, 0.2) is 0 Å². The summed E-state index contributed by atoms with van der Waals surface area (Å²) < 4.78 is 0. The number of hydrogen-bond acceptors (Lipinski definition) is 5. The Morgan fingerprint density at radius 2 is 1.71 bits per heavy atom. The first-order valence-electron chi connectivity index (χ1n) is 13.5. The van der Waals surface area contributed by atoms with Gasteiger partial charge in [0.05, 0.1) is 0 Å². The molecule has 0 radical (unpaired) electrons. The quantitative estimate of drug-likeness (QED) is 0.553. The predicted octanol–water partition coefficient (Wildman–Crippen LogP) is 5.91. The number of piperidine rings is 1. The van der Waals surface area contributed by atoms with Crippen LogP contribution in [0.25, 0.3) is 0 Å². The second-order valence-electron chi connectivity index (χ2n) is 11.6. The Labute approximate surface area is 207 Å². The van der Waals surface area contributed by atoms with Crippen molar-refractivity contribution in [1.29, 1.82) is 0 Å². The van der Waals surface area contributed by atoms with E-state index >= 15 is 0 Å². The monoisotopic (exact) mass is 463 g/mol. The van der Waals surface area contributed by atoms with Gasteiger partial charge in [-0.05, 0) is 67.2 Å². The highest BCUT2D eigenvalue weighted by molar-refractivity contribution is 5.43. The van der Waals surface area contributed by atoms with Crippen molar-refractivity contribution in [2.24, 2.45) is 5.92 Å². The molecule has 1 aromatic carbocycles. The summed E-state index contributed by atoms with van der Waals surface area (Å²) in [4.78, 5) is 14.5. The molecular weight excluding hydrogens is 418 g/mol. The van der Waals surface area contributed by atoms with Crippen LogP contribution in [0.3, 0.4) is 0 Å². The third-order valence-electron chi connectivity index (χ3n) is 7.38. The zero-order valence-corrected chi connectivity index (χ0v) is 21.9. The standard InChI is InChI=1S/C29H45N5/c1-23(20-24-11-13-25(14-12-24)29(2,3)4)21-33-17-9-10-26(22-33)31-28-30-16-15-27(32-28)34-18-7-5-6-8-19-34/h11-16,23,26H,5-10,17-22H2,1-4H3,(H,30,31,32). The number of aromatic nitrogens is 2. The molecule has 2 saturated heterocycles. The van der Waals surface area contributed by atoms with E-state index in [-0.39, 0.29) is 5.41 Å². The smallest absolute Gasteiger partial charge is 0.224 e. The van der Waals surface area contributed by atoms with Crippen LogP contribution in [0.15, 0.2) is 36.5 Å². The second kappa shape index (κ2) is 11.5. The summed E-state index contributed by atoms with van der Waals surface area (Å²) in [5.74, 6) is 2.51. The Hall–Kier alpha value is -2.14. The van der Waals surface area contributed by atoms with Crippen LogP contribution >= 0.6 is 0 Å². The molecule has 3 heterocycles. The number of rotatable bonds is 7. The van der Waals surface area contributed by atoms with Gasteiger partial charge in [0, 0.05) is 38.4 Å². The number of nitrogens with one attached hydrogen (secondary N) is 1. The molecule has 0 spiro atoms. The first kappa shape index (κ1) is 25.0. The van der Waals surface area contributed by atoms with Crippen LogP contribution in [0.5, 0.6) is 0 Å². The van der Waals surface area contributed by atoms with Gasteiger partial charge in [0.1, 0.15) is 5.82 Å². The first-order valence-corrected chi connectivity index (χ1v) is 13.5. The summed E-state index contributed by atoms with van der Waals surface area (Å²) in [5, 5.41) is 3.66. The van der Waals surface area contributed by atoms with Crippen molar-refractivity contribution in [2.75, 3.05) is 42.9 Å². The van der Waals surface area contributed by atoms with Gasteiger partial charge in [-0.1, -0.05) is 64.8 Å². The molecular formula is C29H45N5. The Kier molecular flexibility index (Phi) is 8.46. The van der Waals surface area contributed by atoms with Crippen LogP contribution in [-0.2, 0) is 11.8 Å². The minimum atomic E-state index is 0.219. The van der Waals surface area contributed by atoms with E-state index in [9.17, 15) is 0 Å². The van der Waals surface area contributed by atoms with Crippen LogP contribution in [0.1, 0.15) is 77.3 Å². The average Bonchev–Trinajstić information content (AvgIpc) is 3.09. The molecule has 0 aliphatic carbocycles. The predicted molar refractivity (Wildman–Crippen MR) is 144 cm³/mol. The molecule has 0 saturated carbocycles. The Balaban J connectivity index is 1.28. The third-order valence-corrected chi connectivity index (χ3v) is 7.38. The minimum absolute atomic E-state index is 0.219. The molecule has 0 bridgehead atoms. The second-order valence-corrected chi connectivity index (χ2v) is 11.6. The van der Waals surface area contributed by atoms with E-state index in [4.69, 9.17) is 4.98 Å². The van der Waals surface area contributed by atoms with E-state index in [1.165, 1.54) is 56.2 Å². The van der Waals surface area contributed by atoms with Crippen LogP contribution in [0.2, 0.25) is 0 Å². The van der Waals surface area contributed by atoms with E-state index in [0.717, 1.165) is 44.4 Å². The topological polar surface area (TPSA) is 44.3 Å². The summed E-state index contributed by atoms with van der Waals surface area (Å²) in [6, 6.07) is 11.8. The number of benzene rings is 1. The molecule has 4 rings (SSSR count). The van der Waals surface area contributed by atoms with Crippen LogP contribution in [-0.4, -0.2) is 53.6 Å². The van der Waals surface area contributed by atoms with Crippen molar-refractivity contribution >= 4 is 11.8 Å². The molecule has 2 unspecified atom stereocenters. The summed E-state index contributed by atoms with van der Waals surface area (Å²) in [6.07, 6.45) is 10.7. The van der Waals surface area contributed by atoms with Crippen molar-refractivity contribution in [2.45, 2.75) is 84.1 Å². The molecule has 2 aliphatic heterocycles. The van der Waals surface area contributed by atoms with E-state index in [1.807, 2.05) is 6.20 Å². The lowest BCUT2D eigenvalue weighted by Crippen LogP contribution is -2.44. The van der Waals surface area contributed by atoms with Gasteiger partial charge in [-0.3, -0.25) is 0 Å². The zero-order valence-electron chi connectivity index (χ0n) is 21.9. The summed E-state index contributed by atoms with van der Waals surface area (Å²) in [7, 11) is 0. The number of anilines is 2. The Morgan fingerprint density at radius 3 is 2.41 bits per heavy atom. The largest absolute Gasteiger partial charge is 0.356 e. The van der Waals surface area contributed by atoms with Gasteiger partial charge in [0.2, 0.25) is 5.95 Å². The van der Waals surface area contributed by atoms with E-state index in [0.29, 0.717) is 12.0 Å². The van der Waals surface area contributed by atoms with E-state index in [2.05, 4.69) is 78.1 Å². The number of hydrogen-bond donors (Lipinski definition) is 1. The van der Waals surface area contributed by atoms with Gasteiger partial charge in [0.25, 0.3) is 0 Å². The molecule has 186 valence electrons. The maximum atomic E-state index is 4.88. The zero-order chi connectivity index (χ0) is 24.0. The summed E-state index contributed by atoms with van der Waals surface area (Å²) in [6.45, 7) is 14.9. The maximum Gasteiger partial charge on any atom is 0.224 e. The average molecular weight is 464 g/mol. The van der Waals surface area contributed by atoms with Crippen LogP contribution in [0, 0.1) is 5.92 Å². The van der Waals surface area contributed by atoms with Crippen LogP contribution in [0.4, 0.5) is 11.8 Å². The van der Waals surface area contributed by atoms with E-state index in [1.54, 1.807) is 0 Å². The van der Waals surface area contributed by atoms with Crippen molar-refractivity contribution in [3.05, 3.63) is 47.7 Å². The minimum Gasteiger partial charge on any atom is -0.356 e. The van der Waals surface area contributed by atoms with Crippen LogP contribution < -0.4 is 10.2 Å². The molecule has 5 heteroatoms. The lowest BCUT2D eigenvalue weighted by molar-refractivity contribution is 0.190. The summed E-state index contributed by atoms with van der Waals surface area (Å²) in [5.41, 5.74) is 3.08. The SMILES string of the molecule is CC(Cc1ccc(C(C)(C)C)cc1)CN1CCCC(Nc2nccc(N3CCCCCC3)n2)C1. The molecule has 2 aliphatic rings. The lowest BCUT2D eigenvalue weighted by atomic mass is 9.86. The first-order chi connectivity index (χ1) is 16.4. The maximum absolute atomic E-state index is 4.88. The number of likely N-dealkylation sites (tertiary alicyclic amines) is 1. The highest BCUT2D eigenvalue weighted by Gasteiger charge is 2.22. The third kappa shape index (κ3) is 7.18. The van der Waals surface area contributed by atoms with Gasteiger partial charge in [-0.2, -0.15) is 4.98 Å². The Bertz CT molecular complexity index is 880. The fourth-order valence-electron chi connectivity index (χ4n) is 5.46. The lowest BCUT2D eigenvalue weighted by Gasteiger charge is -2.34. The molecule has 0 amide bonds. The fourth-order valence-corrected chi connectivity index (χ4v) is 5.46. The van der Waals surface area contributed by atoms with Gasteiger partial charge >= 0.3 is 0 Å². The molecule has 34 heavy (non-hydrogen) atoms. The summed E-state index contributed by atoms with van der Waals surface area (Å²) >= 11 is 0.